The van der Waals surface area contributed by atoms with Gasteiger partial charge in [0, 0.05) is 5.39 Å². The topological polar surface area (TPSA) is 26.0 Å². The van der Waals surface area contributed by atoms with Gasteiger partial charge in [-0.25, -0.2) is 0 Å². The maximum Gasteiger partial charge on any atom is 0.167 e. The van der Waals surface area contributed by atoms with E-state index in [9.17, 15) is 0 Å². The molecule has 80 valence electrons. The fraction of sp³-hybridized carbons (Fsp3) is 0.462. The van der Waals surface area contributed by atoms with Crippen LogP contribution in [0.4, 0.5) is 0 Å². The first-order valence-corrected chi connectivity index (χ1v) is 5.64. The van der Waals surface area contributed by atoms with Gasteiger partial charge in [0.25, 0.3) is 0 Å². The lowest BCUT2D eigenvalue weighted by Crippen LogP contribution is -1.89. The molecule has 15 heavy (non-hydrogen) atoms. The van der Waals surface area contributed by atoms with Crippen molar-refractivity contribution in [2.45, 2.75) is 40.0 Å². The van der Waals surface area contributed by atoms with E-state index < -0.39 is 0 Å². The van der Waals surface area contributed by atoms with E-state index in [1.54, 1.807) is 0 Å². The van der Waals surface area contributed by atoms with Gasteiger partial charge in [0.2, 0.25) is 0 Å². The molecule has 0 N–H and O–H groups in total. The third kappa shape index (κ3) is 1.76. The molecule has 2 nitrogen and oxygen atoms in total. The Balaban J connectivity index is 2.58. The second-order valence-electron chi connectivity index (χ2n) is 4.01. The molecule has 2 heteroatoms. The molecule has 1 aromatic heterocycles. The molecule has 1 heterocycles. The zero-order valence-corrected chi connectivity index (χ0v) is 9.63. The maximum absolute atomic E-state index is 5.30. The molecular formula is C13H17NO. The van der Waals surface area contributed by atoms with Crippen molar-refractivity contribution in [3.05, 3.63) is 29.0 Å². The first-order valence-electron chi connectivity index (χ1n) is 5.64. The van der Waals surface area contributed by atoms with Crippen LogP contribution in [0.25, 0.3) is 11.0 Å². The summed E-state index contributed by atoms with van der Waals surface area (Å²) in [5.74, 6) is 0. The predicted octanol–water partition coefficient (Wildman–Crippen LogP) is 3.65. The number of hydrogen-bond acceptors (Lipinski definition) is 2. The number of nitrogens with zero attached hydrogens (tertiary/aromatic N) is 1. The van der Waals surface area contributed by atoms with E-state index >= 15 is 0 Å². The summed E-state index contributed by atoms with van der Waals surface area (Å²) in [5, 5.41) is 5.27. The Kier molecular flexibility index (Phi) is 2.76. The van der Waals surface area contributed by atoms with Crippen LogP contribution in [0.3, 0.4) is 0 Å². The van der Waals surface area contributed by atoms with E-state index in [1.807, 2.05) is 0 Å². The molecule has 0 saturated heterocycles. The normalized spacial score (nSPS) is 11.1. The largest absolute Gasteiger partial charge is 0.356 e. The monoisotopic (exact) mass is 203 g/mol. The maximum atomic E-state index is 5.30. The molecule has 2 aromatic rings. The Morgan fingerprint density at radius 2 is 2.07 bits per heavy atom. The third-order valence-corrected chi connectivity index (χ3v) is 2.86. The summed E-state index contributed by atoms with van der Waals surface area (Å²) in [4.78, 5) is 0. The molecule has 0 spiro atoms. The van der Waals surface area contributed by atoms with Gasteiger partial charge in [0.05, 0.1) is 5.69 Å². The molecule has 0 aliphatic rings. The van der Waals surface area contributed by atoms with Crippen molar-refractivity contribution in [1.82, 2.24) is 5.16 Å². The minimum absolute atomic E-state index is 0.921. The molecule has 0 saturated carbocycles. The number of fused-ring (bicyclic) bond motifs is 1. The summed E-state index contributed by atoms with van der Waals surface area (Å²) in [6.07, 6.45) is 3.25. The smallest absolute Gasteiger partial charge is 0.167 e. The first kappa shape index (κ1) is 10.2. The fourth-order valence-corrected chi connectivity index (χ4v) is 1.97. The fourth-order valence-electron chi connectivity index (χ4n) is 1.97. The lowest BCUT2D eigenvalue weighted by molar-refractivity contribution is 0.447. The summed E-state index contributed by atoms with van der Waals surface area (Å²) in [5.41, 5.74) is 4.72. The highest BCUT2D eigenvalue weighted by atomic mass is 16.5. The van der Waals surface area contributed by atoms with E-state index in [-0.39, 0.29) is 0 Å². The van der Waals surface area contributed by atoms with Crippen LogP contribution in [0.2, 0.25) is 0 Å². The van der Waals surface area contributed by atoms with Crippen molar-refractivity contribution in [3.63, 3.8) is 0 Å². The summed E-state index contributed by atoms with van der Waals surface area (Å²) < 4.78 is 5.30. The molecule has 0 unspecified atom stereocenters. The number of rotatable bonds is 3. The number of hydrogen-bond donors (Lipinski definition) is 0. The van der Waals surface area contributed by atoms with Crippen molar-refractivity contribution >= 4 is 11.0 Å². The van der Waals surface area contributed by atoms with Gasteiger partial charge in [-0.3, -0.25) is 0 Å². The molecule has 0 bridgehead atoms. The van der Waals surface area contributed by atoms with E-state index in [1.165, 1.54) is 22.9 Å². The molecule has 2 rings (SSSR count). The Morgan fingerprint density at radius 3 is 2.73 bits per heavy atom. The summed E-state index contributed by atoms with van der Waals surface area (Å²) >= 11 is 0. The van der Waals surface area contributed by atoms with E-state index in [4.69, 9.17) is 4.52 Å². The van der Waals surface area contributed by atoms with Crippen molar-refractivity contribution in [1.29, 1.82) is 0 Å². The lowest BCUT2D eigenvalue weighted by Gasteiger charge is -2.03. The predicted molar refractivity (Wildman–Crippen MR) is 62.1 cm³/mol. The molecule has 0 radical (unpaired) electrons. The minimum atomic E-state index is 0.921. The molecule has 1 aromatic carbocycles. The van der Waals surface area contributed by atoms with Crippen LogP contribution in [0.5, 0.6) is 0 Å². The average Bonchev–Trinajstić information content (AvgIpc) is 2.61. The number of aryl methyl sites for hydroxylation is 3. The van der Waals surface area contributed by atoms with Crippen LogP contribution in [-0.2, 0) is 12.8 Å². The lowest BCUT2D eigenvalue weighted by atomic mass is 10.0. The van der Waals surface area contributed by atoms with Gasteiger partial charge in [-0.2, -0.15) is 0 Å². The molecule has 0 aliphatic heterocycles. The molecule has 0 fully saturated rings. The van der Waals surface area contributed by atoms with E-state index in [2.05, 4.69) is 38.1 Å². The van der Waals surface area contributed by atoms with Gasteiger partial charge in [0.1, 0.15) is 0 Å². The van der Waals surface area contributed by atoms with Gasteiger partial charge < -0.3 is 4.52 Å². The van der Waals surface area contributed by atoms with Gasteiger partial charge in [-0.05, 0) is 43.0 Å². The summed E-state index contributed by atoms with van der Waals surface area (Å²) in [6, 6.07) is 4.34. The summed E-state index contributed by atoms with van der Waals surface area (Å²) in [6.45, 7) is 6.45. The van der Waals surface area contributed by atoms with Crippen LogP contribution < -0.4 is 0 Å². The average molecular weight is 203 g/mol. The highest BCUT2D eigenvalue weighted by molar-refractivity contribution is 5.81. The second-order valence-corrected chi connectivity index (χ2v) is 4.01. The van der Waals surface area contributed by atoms with Crippen LogP contribution in [-0.4, -0.2) is 5.16 Å². The Labute approximate surface area is 90.3 Å². The summed E-state index contributed by atoms with van der Waals surface area (Å²) in [7, 11) is 0. The number of benzene rings is 1. The van der Waals surface area contributed by atoms with Gasteiger partial charge in [0.15, 0.2) is 5.58 Å². The third-order valence-electron chi connectivity index (χ3n) is 2.86. The Morgan fingerprint density at radius 1 is 1.27 bits per heavy atom. The van der Waals surface area contributed by atoms with Crippen molar-refractivity contribution in [2.75, 3.05) is 0 Å². The SMILES string of the molecule is CCCc1cc2c(CC)noc2cc1C. The van der Waals surface area contributed by atoms with Gasteiger partial charge in [-0.1, -0.05) is 25.4 Å². The van der Waals surface area contributed by atoms with Crippen LogP contribution in [0.1, 0.15) is 37.1 Å². The molecule has 0 amide bonds. The Bertz CT molecular complexity index is 471. The standard InChI is InChI=1S/C13H17NO/c1-4-6-10-8-11-12(5-2)14-15-13(11)7-9(10)3/h7-8H,4-6H2,1-3H3. The van der Waals surface area contributed by atoms with Crippen molar-refractivity contribution in [2.24, 2.45) is 0 Å². The van der Waals surface area contributed by atoms with Crippen molar-refractivity contribution in [3.8, 4) is 0 Å². The zero-order valence-electron chi connectivity index (χ0n) is 9.63. The second kappa shape index (κ2) is 4.05. The van der Waals surface area contributed by atoms with Crippen LogP contribution in [0, 0.1) is 6.92 Å². The van der Waals surface area contributed by atoms with E-state index in [0.29, 0.717) is 0 Å². The highest BCUT2D eigenvalue weighted by Gasteiger charge is 2.09. The highest BCUT2D eigenvalue weighted by Crippen LogP contribution is 2.24. The molecular weight excluding hydrogens is 186 g/mol. The number of aromatic nitrogens is 1. The van der Waals surface area contributed by atoms with Gasteiger partial charge in [-0.15, -0.1) is 0 Å². The first-order chi connectivity index (χ1) is 7.26. The van der Waals surface area contributed by atoms with Crippen LogP contribution >= 0.6 is 0 Å². The minimum Gasteiger partial charge on any atom is -0.356 e. The quantitative estimate of drug-likeness (QED) is 0.761. The molecule has 0 atom stereocenters. The van der Waals surface area contributed by atoms with E-state index in [0.717, 1.165) is 24.1 Å². The van der Waals surface area contributed by atoms with Gasteiger partial charge >= 0.3 is 0 Å². The van der Waals surface area contributed by atoms with Crippen LogP contribution in [0.15, 0.2) is 16.7 Å². The zero-order chi connectivity index (χ0) is 10.8. The molecule has 0 aliphatic carbocycles. The van der Waals surface area contributed by atoms with Crippen molar-refractivity contribution < 1.29 is 4.52 Å². The Hall–Kier alpha value is -1.31.